The number of aromatic nitrogens is 3. The van der Waals surface area contributed by atoms with Crippen LogP contribution in [-0.2, 0) is 0 Å². The highest BCUT2D eigenvalue weighted by molar-refractivity contribution is 7.22. The first kappa shape index (κ1) is 23.8. The molecular weight excluding hydrogens is 496 g/mol. The molecule has 0 unspecified atom stereocenters. The van der Waals surface area contributed by atoms with Gasteiger partial charge in [0, 0.05) is 43.2 Å². The van der Waals surface area contributed by atoms with Crippen molar-refractivity contribution in [3.05, 3.63) is 48.2 Å². The molecule has 1 aromatic carbocycles. The van der Waals surface area contributed by atoms with Crippen molar-refractivity contribution in [3.63, 3.8) is 0 Å². The predicted molar refractivity (Wildman–Crippen MR) is 143 cm³/mol. The number of pyridine rings is 1. The van der Waals surface area contributed by atoms with Gasteiger partial charge >= 0.3 is 0 Å². The molecule has 3 aromatic heterocycles. The van der Waals surface area contributed by atoms with E-state index in [1.807, 2.05) is 30.9 Å². The first-order chi connectivity index (χ1) is 18.0. The Morgan fingerprint density at radius 2 is 1.89 bits per heavy atom. The van der Waals surface area contributed by atoms with E-state index in [0.717, 1.165) is 42.6 Å². The standard InChI is InChI=1S/C26H27F2N7OS/c1-15(2)35-9-10-36-24-18(27)11-17(12-20(24)35)23-19(28)14-30-26(33-23)32-21-4-3-16-13-22(37-25(16)31-21)34-7-5-29-6-8-34/h3-4,11-15,29H,5-10H2,1-2H3,(H,30,31,32,33). The molecule has 37 heavy (non-hydrogen) atoms. The summed E-state index contributed by atoms with van der Waals surface area (Å²) in [5, 5.41) is 8.70. The zero-order valence-corrected chi connectivity index (χ0v) is 21.4. The monoisotopic (exact) mass is 523 g/mol. The van der Waals surface area contributed by atoms with Gasteiger partial charge in [-0.15, -0.1) is 0 Å². The summed E-state index contributed by atoms with van der Waals surface area (Å²) >= 11 is 1.64. The molecule has 2 aliphatic heterocycles. The lowest BCUT2D eigenvalue weighted by Gasteiger charge is -2.34. The highest BCUT2D eigenvalue weighted by Gasteiger charge is 2.26. The van der Waals surface area contributed by atoms with Crippen LogP contribution in [0.5, 0.6) is 5.75 Å². The molecule has 0 atom stereocenters. The summed E-state index contributed by atoms with van der Waals surface area (Å²) < 4.78 is 35.4. The molecule has 2 N–H and O–H groups in total. The second kappa shape index (κ2) is 9.71. The van der Waals surface area contributed by atoms with Gasteiger partial charge in [-0.1, -0.05) is 11.3 Å². The van der Waals surface area contributed by atoms with Crippen LogP contribution in [0.25, 0.3) is 21.5 Å². The number of halogens is 2. The molecule has 8 nitrogen and oxygen atoms in total. The summed E-state index contributed by atoms with van der Waals surface area (Å²) in [4.78, 5) is 18.5. The van der Waals surface area contributed by atoms with Crippen molar-refractivity contribution in [2.24, 2.45) is 0 Å². The van der Waals surface area contributed by atoms with E-state index in [1.165, 1.54) is 11.1 Å². The third-order valence-corrected chi connectivity index (χ3v) is 7.70. The van der Waals surface area contributed by atoms with Crippen LogP contribution in [0.1, 0.15) is 13.8 Å². The zero-order valence-electron chi connectivity index (χ0n) is 20.6. The molecule has 0 spiro atoms. The lowest BCUT2D eigenvalue weighted by Crippen LogP contribution is -2.43. The van der Waals surface area contributed by atoms with E-state index in [4.69, 9.17) is 9.72 Å². The molecule has 1 saturated heterocycles. The smallest absolute Gasteiger partial charge is 0.229 e. The lowest BCUT2D eigenvalue weighted by molar-refractivity contribution is 0.287. The molecule has 1 fully saturated rings. The second-order valence-corrected chi connectivity index (χ2v) is 10.4. The number of ether oxygens (including phenoxy) is 1. The molecule has 6 rings (SSSR count). The molecule has 0 radical (unpaired) electrons. The number of nitrogens with one attached hydrogen (secondary N) is 2. The number of hydrogen-bond acceptors (Lipinski definition) is 9. The van der Waals surface area contributed by atoms with Gasteiger partial charge in [0.1, 0.15) is 22.9 Å². The Morgan fingerprint density at radius 1 is 1.05 bits per heavy atom. The van der Waals surface area contributed by atoms with Crippen LogP contribution >= 0.6 is 11.3 Å². The number of anilines is 4. The highest BCUT2D eigenvalue weighted by atomic mass is 32.1. The molecule has 0 bridgehead atoms. The fourth-order valence-corrected chi connectivity index (χ4v) is 5.82. The molecule has 0 aliphatic carbocycles. The molecule has 11 heteroatoms. The van der Waals surface area contributed by atoms with E-state index in [-0.39, 0.29) is 23.4 Å². The van der Waals surface area contributed by atoms with Crippen LogP contribution in [0.3, 0.4) is 0 Å². The Bertz CT molecular complexity index is 1450. The average molecular weight is 524 g/mol. The normalized spacial score (nSPS) is 15.7. The van der Waals surface area contributed by atoms with E-state index in [1.54, 1.807) is 17.4 Å². The largest absolute Gasteiger partial charge is 0.486 e. The number of piperazine rings is 1. The van der Waals surface area contributed by atoms with Gasteiger partial charge in [-0.05, 0) is 44.2 Å². The number of hydrogen-bond donors (Lipinski definition) is 2. The number of fused-ring (bicyclic) bond motifs is 2. The number of thiophene rings is 1. The number of rotatable bonds is 5. The molecule has 0 saturated carbocycles. The molecule has 0 amide bonds. The van der Waals surface area contributed by atoms with Crippen LogP contribution in [0, 0.1) is 11.6 Å². The van der Waals surface area contributed by atoms with Gasteiger partial charge in [0.05, 0.1) is 23.4 Å². The summed E-state index contributed by atoms with van der Waals surface area (Å²) in [6.45, 7) is 8.94. The van der Waals surface area contributed by atoms with Crippen LogP contribution in [0.15, 0.2) is 36.5 Å². The fourth-order valence-electron chi connectivity index (χ4n) is 4.73. The van der Waals surface area contributed by atoms with E-state index in [9.17, 15) is 8.78 Å². The minimum Gasteiger partial charge on any atom is -0.486 e. The van der Waals surface area contributed by atoms with Crippen molar-refractivity contribution in [2.75, 3.05) is 54.4 Å². The van der Waals surface area contributed by atoms with Gasteiger partial charge in [0.15, 0.2) is 17.4 Å². The van der Waals surface area contributed by atoms with Crippen LogP contribution in [0.2, 0.25) is 0 Å². The van der Waals surface area contributed by atoms with Crippen molar-refractivity contribution in [2.45, 2.75) is 19.9 Å². The Labute approximate surface area is 217 Å². The summed E-state index contributed by atoms with van der Waals surface area (Å²) in [6, 6.07) is 9.11. The summed E-state index contributed by atoms with van der Waals surface area (Å²) in [6.07, 6.45) is 1.09. The van der Waals surface area contributed by atoms with Crippen LogP contribution in [-0.4, -0.2) is 60.3 Å². The van der Waals surface area contributed by atoms with E-state index in [0.29, 0.717) is 30.2 Å². The maximum atomic E-state index is 15.0. The second-order valence-electron chi connectivity index (χ2n) is 9.37. The lowest BCUT2D eigenvalue weighted by atomic mass is 10.1. The van der Waals surface area contributed by atoms with Gasteiger partial charge in [-0.2, -0.15) is 0 Å². The Kier molecular flexibility index (Phi) is 6.25. The summed E-state index contributed by atoms with van der Waals surface area (Å²) in [5.74, 6) is -0.271. The molecule has 192 valence electrons. The van der Waals surface area contributed by atoms with Crippen LogP contribution in [0.4, 0.5) is 31.2 Å². The first-order valence-electron chi connectivity index (χ1n) is 12.4. The van der Waals surface area contributed by atoms with Crippen molar-refractivity contribution >= 4 is 44.0 Å². The average Bonchev–Trinajstić information content (AvgIpc) is 3.33. The van der Waals surface area contributed by atoms with Crippen molar-refractivity contribution < 1.29 is 13.5 Å². The Hall–Kier alpha value is -3.57. The van der Waals surface area contributed by atoms with E-state index >= 15 is 0 Å². The molecule has 2 aliphatic rings. The third kappa shape index (κ3) is 4.64. The molecule has 5 heterocycles. The van der Waals surface area contributed by atoms with Crippen LogP contribution < -0.4 is 25.2 Å². The minimum atomic E-state index is -0.639. The van der Waals surface area contributed by atoms with Gasteiger partial charge < -0.3 is 25.2 Å². The highest BCUT2D eigenvalue weighted by Crippen LogP contribution is 2.39. The maximum absolute atomic E-state index is 15.0. The van der Waals surface area contributed by atoms with Gasteiger partial charge in [-0.25, -0.2) is 23.7 Å². The summed E-state index contributed by atoms with van der Waals surface area (Å²) in [7, 11) is 0. The fraction of sp³-hybridized carbons (Fsp3) is 0.346. The van der Waals surface area contributed by atoms with E-state index in [2.05, 4.69) is 31.6 Å². The predicted octanol–water partition coefficient (Wildman–Crippen LogP) is 4.79. The van der Waals surface area contributed by atoms with Crippen molar-refractivity contribution in [1.82, 2.24) is 20.3 Å². The van der Waals surface area contributed by atoms with Gasteiger partial charge in [0.25, 0.3) is 0 Å². The minimum absolute atomic E-state index is 0.00618. The maximum Gasteiger partial charge on any atom is 0.229 e. The molecular formula is C26H27F2N7OS. The van der Waals surface area contributed by atoms with E-state index < -0.39 is 11.6 Å². The number of benzene rings is 1. The zero-order chi connectivity index (χ0) is 25.5. The molecule has 4 aromatic rings. The quantitative estimate of drug-likeness (QED) is 0.387. The first-order valence-corrected chi connectivity index (χ1v) is 13.2. The summed E-state index contributed by atoms with van der Waals surface area (Å²) in [5.41, 5.74) is 0.915. The van der Waals surface area contributed by atoms with Crippen molar-refractivity contribution in [3.8, 4) is 17.0 Å². The third-order valence-electron chi connectivity index (χ3n) is 6.59. The topological polar surface area (TPSA) is 78.4 Å². The Balaban J connectivity index is 1.30. The SMILES string of the molecule is CC(C)N1CCOc2c(F)cc(-c3nc(Nc4ccc5cc(N6CCNCC6)sc5n4)ncc3F)cc21. The Morgan fingerprint density at radius 3 is 2.70 bits per heavy atom. The van der Waals surface area contributed by atoms with Gasteiger partial charge in [-0.3, -0.25) is 0 Å². The van der Waals surface area contributed by atoms with Crippen molar-refractivity contribution in [1.29, 1.82) is 0 Å². The van der Waals surface area contributed by atoms with Gasteiger partial charge in [0.2, 0.25) is 5.95 Å². The number of nitrogens with zero attached hydrogens (tertiary/aromatic N) is 5.